The third-order valence-corrected chi connectivity index (χ3v) is 3.44. The van der Waals surface area contributed by atoms with Gasteiger partial charge in [-0.2, -0.15) is 5.10 Å². The fourth-order valence-corrected chi connectivity index (χ4v) is 2.17. The topological polar surface area (TPSA) is 95.7 Å². The van der Waals surface area contributed by atoms with Gasteiger partial charge in [0.1, 0.15) is 11.5 Å². The van der Waals surface area contributed by atoms with Crippen LogP contribution < -0.4 is 15.5 Å². The van der Waals surface area contributed by atoms with E-state index in [1.54, 1.807) is 12.1 Å². The lowest BCUT2D eigenvalue weighted by Crippen LogP contribution is -2.23. The number of para-hydroxylation sites is 1. The van der Waals surface area contributed by atoms with Crippen LogP contribution >= 0.6 is 12.2 Å². The zero-order valence-electron chi connectivity index (χ0n) is 12.3. The Morgan fingerprint density at radius 1 is 1.26 bits per heavy atom. The Hall–Kier alpha value is -2.23. The molecule has 0 aliphatic carbocycles. The number of thiocarbonyl (C=S) groups is 1. The van der Waals surface area contributed by atoms with Gasteiger partial charge in [0, 0.05) is 5.69 Å². The van der Waals surface area contributed by atoms with E-state index in [0.29, 0.717) is 16.6 Å². The van der Waals surface area contributed by atoms with Gasteiger partial charge in [0.2, 0.25) is 10.0 Å². The number of hydrazone groups is 1. The first-order valence-corrected chi connectivity index (χ1v) is 8.91. The minimum Gasteiger partial charge on any atom is -0.459 e. The van der Waals surface area contributed by atoms with E-state index in [1.807, 2.05) is 30.3 Å². The average molecular weight is 352 g/mol. The van der Waals surface area contributed by atoms with Crippen molar-refractivity contribution in [2.24, 2.45) is 5.10 Å². The van der Waals surface area contributed by atoms with Gasteiger partial charge in [-0.05, 0) is 36.5 Å². The number of benzene rings is 1. The summed E-state index contributed by atoms with van der Waals surface area (Å²) in [7, 11) is -3.25. The average Bonchev–Trinajstić information content (AvgIpc) is 2.93. The molecule has 23 heavy (non-hydrogen) atoms. The lowest BCUT2D eigenvalue weighted by Gasteiger charge is -2.05. The van der Waals surface area contributed by atoms with Crippen LogP contribution in [0.5, 0.6) is 0 Å². The molecule has 2 aromatic rings. The second kappa shape index (κ2) is 7.86. The van der Waals surface area contributed by atoms with Crippen molar-refractivity contribution in [1.29, 1.82) is 0 Å². The highest BCUT2D eigenvalue weighted by molar-refractivity contribution is 7.88. The molecule has 0 spiro atoms. The van der Waals surface area contributed by atoms with Crippen LogP contribution in [-0.2, 0) is 16.6 Å². The van der Waals surface area contributed by atoms with Gasteiger partial charge in [0.15, 0.2) is 5.11 Å². The second-order valence-electron chi connectivity index (χ2n) is 4.59. The molecule has 0 aliphatic heterocycles. The molecule has 0 amide bonds. The molecule has 0 fully saturated rings. The van der Waals surface area contributed by atoms with Gasteiger partial charge in [0.25, 0.3) is 0 Å². The molecule has 2 rings (SSSR count). The van der Waals surface area contributed by atoms with Crippen molar-refractivity contribution in [3.8, 4) is 0 Å². The van der Waals surface area contributed by atoms with E-state index in [1.165, 1.54) is 6.21 Å². The van der Waals surface area contributed by atoms with Crippen molar-refractivity contribution >= 4 is 39.3 Å². The Balaban J connectivity index is 1.81. The van der Waals surface area contributed by atoms with Crippen LogP contribution in [0, 0.1) is 0 Å². The SMILES string of the molecule is CS(=O)(=O)NCc1ccc(/C=N\NC(=S)Nc2ccccc2)o1. The van der Waals surface area contributed by atoms with E-state index >= 15 is 0 Å². The summed E-state index contributed by atoms with van der Waals surface area (Å²) in [6, 6.07) is 12.8. The van der Waals surface area contributed by atoms with Crippen molar-refractivity contribution in [2.45, 2.75) is 6.54 Å². The molecule has 0 saturated carbocycles. The Labute approximate surface area is 139 Å². The molecule has 1 aromatic carbocycles. The number of anilines is 1. The molecule has 0 unspecified atom stereocenters. The molecule has 122 valence electrons. The Morgan fingerprint density at radius 2 is 2.00 bits per heavy atom. The van der Waals surface area contributed by atoms with Gasteiger partial charge in [-0.1, -0.05) is 18.2 Å². The number of hydrogen-bond acceptors (Lipinski definition) is 5. The zero-order valence-corrected chi connectivity index (χ0v) is 13.9. The molecule has 0 atom stereocenters. The summed E-state index contributed by atoms with van der Waals surface area (Å²) < 4.78 is 29.7. The molecule has 0 radical (unpaired) electrons. The molecule has 1 heterocycles. The van der Waals surface area contributed by atoms with Crippen LogP contribution in [-0.4, -0.2) is 26.0 Å². The van der Waals surface area contributed by atoms with Crippen LogP contribution in [0.3, 0.4) is 0 Å². The summed E-state index contributed by atoms with van der Waals surface area (Å²) in [6.07, 6.45) is 2.53. The summed E-state index contributed by atoms with van der Waals surface area (Å²) in [4.78, 5) is 0. The van der Waals surface area contributed by atoms with Crippen LogP contribution in [0.2, 0.25) is 0 Å². The standard InChI is InChI=1S/C14H16N4O3S2/c1-23(19,20)16-10-13-8-7-12(21-13)9-15-18-14(22)17-11-5-3-2-4-6-11/h2-9,16H,10H2,1H3,(H2,17,18,22)/b15-9-. The minimum atomic E-state index is -3.25. The maximum Gasteiger partial charge on any atom is 0.209 e. The lowest BCUT2D eigenvalue weighted by molar-refractivity contribution is 0.494. The highest BCUT2D eigenvalue weighted by atomic mass is 32.2. The first-order chi connectivity index (χ1) is 10.9. The Bertz CT molecular complexity index is 785. The number of sulfonamides is 1. The third kappa shape index (κ3) is 6.59. The fourth-order valence-electron chi connectivity index (χ4n) is 1.60. The maximum absolute atomic E-state index is 11.0. The van der Waals surface area contributed by atoms with E-state index in [9.17, 15) is 8.42 Å². The summed E-state index contributed by atoms with van der Waals surface area (Å²) >= 11 is 5.10. The number of nitrogens with one attached hydrogen (secondary N) is 3. The highest BCUT2D eigenvalue weighted by Gasteiger charge is 2.04. The maximum atomic E-state index is 11.0. The van der Waals surface area contributed by atoms with Gasteiger partial charge < -0.3 is 9.73 Å². The first-order valence-electron chi connectivity index (χ1n) is 6.61. The van der Waals surface area contributed by atoms with Crippen LogP contribution in [0.15, 0.2) is 52.0 Å². The van der Waals surface area contributed by atoms with Crippen LogP contribution in [0.1, 0.15) is 11.5 Å². The number of rotatable bonds is 6. The summed E-state index contributed by atoms with van der Waals surface area (Å²) in [5.74, 6) is 0.965. The number of furan rings is 1. The monoisotopic (exact) mass is 352 g/mol. The van der Waals surface area contributed by atoms with Crippen LogP contribution in [0.25, 0.3) is 0 Å². The Kier molecular flexibility index (Phi) is 5.85. The predicted molar refractivity (Wildman–Crippen MR) is 93.8 cm³/mol. The largest absolute Gasteiger partial charge is 0.459 e. The molecule has 9 heteroatoms. The van der Waals surface area contributed by atoms with Crippen molar-refractivity contribution in [2.75, 3.05) is 11.6 Å². The van der Waals surface area contributed by atoms with E-state index in [0.717, 1.165) is 11.9 Å². The van der Waals surface area contributed by atoms with Crippen molar-refractivity contribution in [3.63, 3.8) is 0 Å². The van der Waals surface area contributed by atoms with Crippen LogP contribution in [0.4, 0.5) is 5.69 Å². The molecule has 0 saturated heterocycles. The van der Waals surface area contributed by atoms with E-state index in [2.05, 4.69) is 20.6 Å². The first kappa shape index (κ1) is 17.1. The number of nitrogens with zero attached hydrogens (tertiary/aromatic N) is 1. The molecule has 1 aromatic heterocycles. The second-order valence-corrected chi connectivity index (χ2v) is 6.83. The zero-order chi connectivity index (χ0) is 16.7. The Morgan fingerprint density at radius 3 is 2.70 bits per heavy atom. The summed E-state index contributed by atoms with van der Waals surface area (Å²) in [5.41, 5.74) is 3.52. The van der Waals surface area contributed by atoms with Crippen molar-refractivity contribution < 1.29 is 12.8 Å². The van der Waals surface area contributed by atoms with Gasteiger partial charge in [0.05, 0.1) is 19.0 Å². The van der Waals surface area contributed by atoms with Gasteiger partial charge in [-0.15, -0.1) is 0 Å². The fraction of sp³-hybridized carbons (Fsp3) is 0.143. The van der Waals surface area contributed by atoms with Gasteiger partial charge in [-0.3, -0.25) is 5.43 Å². The quantitative estimate of drug-likeness (QED) is 0.416. The molecule has 3 N–H and O–H groups in total. The third-order valence-electron chi connectivity index (χ3n) is 2.58. The van der Waals surface area contributed by atoms with Crippen molar-refractivity contribution in [3.05, 3.63) is 54.0 Å². The molecular weight excluding hydrogens is 336 g/mol. The van der Waals surface area contributed by atoms with E-state index in [-0.39, 0.29) is 6.54 Å². The van der Waals surface area contributed by atoms with Gasteiger partial charge in [-0.25, -0.2) is 13.1 Å². The summed E-state index contributed by atoms with van der Waals surface area (Å²) in [5, 5.41) is 7.26. The molecular formula is C14H16N4O3S2. The minimum absolute atomic E-state index is 0.0913. The normalized spacial score (nSPS) is 11.5. The van der Waals surface area contributed by atoms with E-state index in [4.69, 9.17) is 16.6 Å². The molecule has 0 bridgehead atoms. The van der Waals surface area contributed by atoms with Gasteiger partial charge >= 0.3 is 0 Å². The summed E-state index contributed by atoms with van der Waals surface area (Å²) in [6.45, 7) is 0.0913. The van der Waals surface area contributed by atoms with Crippen molar-refractivity contribution in [1.82, 2.24) is 10.1 Å². The molecule has 0 aliphatic rings. The smallest absolute Gasteiger partial charge is 0.209 e. The lowest BCUT2D eigenvalue weighted by atomic mass is 10.3. The number of hydrogen-bond donors (Lipinski definition) is 3. The molecule has 7 nitrogen and oxygen atoms in total. The predicted octanol–water partition coefficient (Wildman–Crippen LogP) is 1.65. The van der Waals surface area contributed by atoms with E-state index < -0.39 is 10.0 Å². The highest BCUT2D eigenvalue weighted by Crippen LogP contribution is 2.06.